The summed E-state index contributed by atoms with van der Waals surface area (Å²) in [5, 5.41) is 19.5. The molecular formula is C11H15NO4S. The maximum Gasteiger partial charge on any atom is 0.274 e. The van der Waals surface area contributed by atoms with E-state index < -0.39 is 4.92 Å². The van der Waals surface area contributed by atoms with E-state index in [1.54, 1.807) is 6.07 Å². The van der Waals surface area contributed by atoms with Gasteiger partial charge in [0, 0.05) is 16.7 Å². The summed E-state index contributed by atoms with van der Waals surface area (Å²) in [6.45, 7) is 2.54. The average molecular weight is 257 g/mol. The lowest BCUT2D eigenvalue weighted by Gasteiger charge is -2.06. The Hall–Kier alpha value is -1.27. The predicted molar refractivity (Wildman–Crippen MR) is 66.7 cm³/mol. The molecule has 0 aliphatic rings. The van der Waals surface area contributed by atoms with Crippen molar-refractivity contribution in [2.24, 2.45) is 0 Å². The van der Waals surface area contributed by atoms with Gasteiger partial charge in [-0.05, 0) is 12.5 Å². The molecule has 5 nitrogen and oxygen atoms in total. The number of hydrogen-bond donors (Lipinski definition) is 1. The second kappa shape index (κ2) is 7.13. The lowest BCUT2D eigenvalue weighted by atomic mass is 10.3. The lowest BCUT2D eigenvalue weighted by Crippen LogP contribution is -1.97. The topological polar surface area (TPSA) is 72.6 Å². The first-order valence-corrected chi connectivity index (χ1v) is 6.32. The van der Waals surface area contributed by atoms with E-state index in [9.17, 15) is 10.1 Å². The van der Waals surface area contributed by atoms with Crippen molar-refractivity contribution in [3.05, 3.63) is 28.3 Å². The molecule has 6 heteroatoms. The smallest absolute Gasteiger partial charge is 0.274 e. The summed E-state index contributed by atoms with van der Waals surface area (Å²) in [6.07, 6.45) is 0.849. The van der Waals surface area contributed by atoms with Gasteiger partial charge < -0.3 is 9.84 Å². The number of benzene rings is 1. The fourth-order valence-electron chi connectivity index (χ4n) is 1.21. The Morgan fingerprint density at radius 3 is 2.82 bits per heavy atom. The molecule has 0 unspecified atom stereocenters. The molecule has 0 atom stereocenters. The largest absolute Gasteiger partial charge is 0.493 e. The van der Waals surface area contributed by atoms with Crippen molar-refractivity contribution in [1.82, 2.24) is 0 Å². The fraction of sp³-hybridized carbons (Fsp3) is 0.455. The summed E-state index contributed by atoms with van der Waals surface area (Å²) in [4.78, 5) is 11.0. The number of non-ortho nitro benzene ring substituents is 1. The zero-order valence-corrected chi connectivity index (χ0v) is 10.4. The van der Waals surface area contributed by atoms with Crippen LogP contribution in [0.5, 0.6) is 5.75 Å². The van der Waals surface area contributed by atoms with Gasteiger partial charge in [-0.15, -0.1) is 11.8 Å². The van der Waals surface area contributed by atoms with Crippen molar-refractivity contribution in [3.63, 3.8) is 0 Å². The first kappa shape index (κ1) is 13.8. The molecule has 0 saturated carbocycles. The maximum atomic E-state index is 10.7. The SMILES string of the molecule is CCCOc1cc(SCCO)cc([N+](=O)[O-])c1. The second-order valence-electron chi connectivity index (χ2n) is 3.34. The minimum atomic E-state index is -0.443. The Morgan fingerprint density at radius 1 is 1.47 bits per heavy atom. The molecule has 0 aromatic heterocycles. The van der Waals surface area contributed by atoms with Crippen molar-refractivity contribution < 1.29 is 14.8 Å². The summed E-state index contributed by atoms with van der Waals surface area (Å²) in [5.74, 6) is 1.01. The van der Waals surface area contributed by atoms with Gasteiger partial charge in [-0.25, -0.2) is 0 Å². The Labute approximate surface area is 104 Å². The monoisotopic (exact) mass is 257 g/mol. The molecule has 1 aromatic rings. The van der Waals surface area contributed by atoms with Crippen LogP contribution < -0.4 is 4.74 Å². The third kappa shape index (κ3) is 4.62. The molecule has 0 bridgehead atoms. The number of aliphatic hydroxyl groups excluding tert-OH is 1. The van der Waals surface area contributed by atoms with E-state index in [1.165, 1.54) is 23.9 Å². The average Bonchev–Trinajstić information content (AvgIpc) is 2.33. The van der Waals surface area contributed by atoms with Gasteiger partial charge in [-0.3, -0.25) is 10.1 Å². The Balaban J connectivity index is 2.88. The van der Waals surface area contributed by atoms with Crippen LogP contribution in [-0.2, 0) is 0 Å². The molecule has 1 aromatic carbocycles. The molecule has 1 N–H and O–H groups in total. The minimum absolute atomic E-state index is 0.0130. The molecule has 0 spiro atoms. The van der Waals surface area contributed by atoms with Gasteiger partial charge in [-0.1, -0.05) is 6.92 Å². The molecule has 0 heterocycles. The highest BCUT2D eigenvalue weighted by molar-refractivity contribution is 7.99. The predicted octanol–water partition coefficient (Wildman–Crippen LogP) is 2.47. The zero-order valence-electron chi connectivity index (χ0n) is 9.59. The van der Waals surface area contributed by atoms with Crippen LogP contribution in [0.2, 0.25) is 0 Å². The zero-order chi connectivity index (χ0) is 12.7. The highest BCUT2D eigenvalue weighted by atomic mass is 32.2. The van der Waals surface area contributed by atoms with Crippen LogP contribution in [-0.4, -0.2) is 29.0 Å². The molecule has 0 fully saturated rings. The number of ether oxygens (including phenoxy) is 1. The van der Waals surface area contributed by atoms with Crippen molar-refractivity contribution in [2.45, 2.75) is 18.2 Å². The van der Waals surface area contributed by atoms with Crippen molar-refractivity contribution in [1.29, 1.82) is 0 Å². The van der Waals surface area contributed by atoms with Gasteiger partial charge >= 0.3 is 0 Å². The number of aliphatic hydroxyl groups is 1. The van der Waals surface area contributed by atoms with Gasteiger partial charge in [0.2, 0.25) is 0 Å². The van der Waals surface area contributed by atoms with Gasteiger partial charge in [-0.2, -0.15) is 0 Å². The van der Waals surface area contributed by atoms with Crippen LogP contribution in [0.15, 0.2) is 23.1 Å². The molecule has 1 rings (SSSR count). The standard InChI is InChI=1S/C11H15NO4S/c1-2-4-16-10-6-9(12(14)15)7-11(8-10)17-5-3-13/h6-8,13H,2-5H2,1H3. The Morgan fingerprint density at radius 2 is 2.24 bits per heavy atom. The van der Waals surface area contributed by atoms with Crippen LogP contribution in [0, 0.1) is 10.1 Å². The van der Waals surface area contributed by atoms with E-state index in [-0.39, 0.29) is 12.3 Å². The molecule has 0 amide bonds. The number of hydrogen-bond acceptors (Lipinski definition) is 5. The van der Waals surface area contributed by atoms with Crippen LogP contribution in [0.3, 0.4) is 0 Å². The lowest BCUT2D eigenvalue weighted by molar-refractivity contribution is -0.385. The van der Waals surface area contributed by atoms with Crippen LogP contribution in [0.1, 0.15) is 13.3 Å². The number of rotatable bonds is 7. The van der Waals surface area contributed by atoms with Crippen molar-refractivity contribution >= 4 is 17.4 Å². The highest BCUT2D eigenvalue weighted by Gasteiger charge is 2.10. The van der Waals surface area contributed by atoms with E-state index >= 15 is 0 Å². The molecule has 0 radical (unpaired) electrons. The highest BCUT2D eigenvalue weighted by Crippen LogP contribution is 2.29. The van der Waals surface area contributed by atoms with E-state index in [2.05, 4.69) is 0 Å². The molecular weight excluding hydrogens is 242 g/mol. The second-order valence-corrected chi connectivity index (χ2v) is 4.51. The summed E-state index contributed by atoms with van der Waals surface area (Å²) in [6, 6.07) is 4.65. The normalized spacial score (nSPS) is 10.2. The summed E-state index contributed by atoms with van der Waals surface area (Å²) >= 11 is 1.37. The third-order valence-electron chi connectivity index (χ3n) is 1.91. The van der Waals surface area contributed by atoms with Crippen LogP contribution in [0.25, 0.3) is 0 Å². The van der Waals surface area contributed by atoms with Crippen molar-refractivity contribution in [2.75, 3.05) is 19.0 Å². The molecule has 17 heavy (non-hydrogen) atoms. The first-order chi connectivity index (χ1) is 8.17. The molecule has 0 aliphatic heterocycles. The third-order valence-corrected chi connectivity index (χ3v) is 2.86. The fourth-order valence-corrected chi connectivity index (χ4v) is 1.94. The minimum Gasteiger partial charge on any atom is -0.493 e. The Kier molecular flexibility index (Phi) is 5.79. The summed E-state index contributed by atoms with van der Waals surface area (Å²) < 4.78 is 5.39. The van der Waals surface area contributed by atoms with E-state index in [0.717, 1.165) is 11.3 Å². The van der Waals surface area contributed by atoms with Crippen LogP contribution >= 0.6 is 11.8 Å². The van der Waals surface area contributed by atoms with Crippen LogP contribution in [0.4, 0.5) is 5.69 Å². The summed E-state index contributed by atoms with van der Waals surface area (Å²) in [5.41, 5.74) is 0.0130. The maximum absolute atomic E-state index is 10.7. The molecule has 94 valence electrons. The van der Waals surface area contributed by atoms with E-state index in [4.69, 9.17) is 9.84 Å². The van der Waals surface area contributed by atoms with Gasteiger partial charge in [0.15, 0.2) is 0 Å². The van der Waals surface area contributed by atoms with Gasteiger partial charge in [0.1, 0.15) is 5.75 Å². The number of nitro groups is 1. The summed E-state index contributed by atoms with van der Waals surface area (Å²) in [7, 11) is 0. The van der Waals surface area contributed by atoms with Gasteiger partial charge in [0.25, 0.3) is 5.69 Å². The number of nitrogens with zero attached hydrogens (tertiary/aromatic N) is 1. The first-order valence-electron chi connectivity index (χ1n) is 5.33. The molecule has 0 saturated heterocycles. The Bertz CT molecular complexity index is 357. The van der Waals surface area contributed by atoms with E-state index in [0.29, 0.717) is 18.1 Å². The number of nitro benzene ring substituents is 1. The number of thioether (sulfide) groups is 1. The quantitative estimate of drug-likeness (QED) is 0.461. The van der Waals surface area contributed by atoms with Gasteiger partial charge in [0.05, 0.1) is 24.2 Å². The molecule has 0 aliphatic carbocycles. The van der Waals surface area contributed by atoms with Crippen molar-refractivity contribution in [3.8, 4) is 5.75 Å². The van der Waals surface area contributed by atoms with E-state index in [1.807, 2.05) is 6.92 Å².